The molecule has 1 aromatic rings. The van der Waals surface area contributed by atoms with Gasteiger partial charge in [-0.25, -0.2) is 0 Å². The van der Waals surface area contributed by atoms with Crippen LogP contribution in [0, 0.1) is 0 Å². The van der Waals surface area contributed by atoms with E-state index in [0.717, 1.165) is 26.2 Å². The lowest BCUT2D eigenvalue weighted by atomic mass is 9.99. The average molecular weight is 295 g/mol. The Labute approximate surface area is 126 Å². The van der Waals surface area contributed by atoms with Crippen LogP contribution in [-0.4, -0.2) is 54.3 Å². The maximum atomic E-state index is 12.2. The van der Waals surface area contributed by atoms with Crippen LogP contribution in [0.2, 0.25) is 5.02 Å². The number of rotatable bonds is 4. The predicted octanol–water partition coefficient (Wildman–Crippen LogP) is 2.94. The Hall–Kier alpha value is -0.900. The Morgan fingerprint density at radius 2 is 2.00 bits per heavy atom. The molecule has 0 N–H and O–H groups in total. The number of carbonyl (C=O) groups excluding carboxylic acids is 1. The van der Waals surface area contributed by atoms with Crippen molar-refractivity contribution >= 4 is 17.4 Å². The Balaban J connectivity index is 1.90. The molecule has 0 saturated carbocycles. The first-order valence-corrected chi connectivity index (χ1v) is 7.49. The van der Waals surface area contributed by atoms with E-state index in [1.807, 2.05) is 12.1 Å². The van der Waals surface area contributed by atoms with Gasteiger partial charge in [0.05, 0.1) is 5.02 Å². The first kappa shape index (κ1) is 15.5. The van der Waals surface area contributed by atoms with Crippen LogP contribution in [0.4, 0.5) is 0 Å². The minimum atomic E-state index is 0.132. The van der Waals surface area contributed by atoms with Crippen molar-refractivity contribution in [1.29, 1.82) is 0 Å². The second-order valence-electron chi connectivity index (χ2n) is 6.16. The third-order valence-electron chi connectivity index (χ3n) is 4.22. The van der Waals surface area contributed by atoms with Gasteiger partial charge in [-0.05, 0) is 33.0 Å². The molecule has 1 saturated heterocycles. The van der Waals surface area contributed by atoms with Gasteiger partial charge in [-0.2, -0.15) is 0 Å². The molecular weight excluding hydrogens is 272 g/mol. The summed E-state index contributed by atoms with van der Waals surface area (Å²) in [4.78, 5) is 17.0. The van der Waals surface area contributed by atoms with Crippen molar-refractivity contribution in [3.05, 3.63) is 34.9 Å². The smallest absolute Gasteiger partial charge is 0.165 e. The van der Waals surface area contributed by atoms with Crippen molar-refractivity contribution in [2.75, 3.05) is 33.2 Å². The molecule has 1 aliphatic heterocycles. The molecule has 20 heavy (non-hydrogen) atoms. The summed E-state index contributed by atoms with van der Waals surface area (Å²) in [5, 5.41) is 0.552. The molecular formula is C16H23ClN2O. The van der Waals surface area contributed by atoms with Crippen LogP contribution >= 0.6 is 11.6 Å². The molecule has 3 nitrogen and oxygen atoms in total. The van der Waals surface area contributed by atoms with Gasteiger partial charge in [-0.3, -0.25) is 14.6 Å². The van der Waals surface area contributed by atoms with Crippen LogP contribution in [0.1, 0.15) is 30.6 Å². The van der Waals surface area contributed by atoms with Gasteiger partial charge in [-0.15, -0.1) is 0 Å². The Bertz CT molecular complexity index is 487. The van der Waals surface area contributed by atoms with E-state index in [0.29, 0.717) is 17.0 Å². The van der Waals surface area contributed by atoms with Crippen molar-refractivity contribution in [3.8, 4) is 0 Å². The topological polar surface area (TPSA) is 23.6 Å². The second kappa shape index (κ2) is 6.25. The van der Waals surface area contributed by atoms with Crippen LogP contribution in [0.15, 0.2) is 24.3 Å². The third-order valence-corrected chi connectivity index (χ3v) is 4.55. The molecule has 2 rings (SSSR count). The highest BCUT2D eigenvalue weighted by molar-refractivity contribution is 6.33. The number of halogens is 1. The number of ketones is 1. The quantitative estimate of drug-likeness (QED) is 0.798. The van der Waals surface area contributed by atoms with Crippen LogP contribution in [0.25, 0.3) is 0 Å². The van der Waals surface area contributed by atoms with Gasteiger partial charge in [-0.1, -0.05) is 23.7 Å². The van der Waals surface area contributed by atoms with Crippen molar-refractivity contribution in [3.63, 3.8) is 0 Å². The summed E-state index contributed by atoms with van der Waals surface area (Å²) in [6, 6.07) is 7.28. The molecule has 0 aliphatic carbocycles. The van der Waals surface area contributed by atoms with Crippen LogP contribution < -0.4 is 0 Å². The minimum absolute atomic E-state index is 0.132. The number of hydrogen-bond acceptors (Lipinski definition) is 3. The van der Waals surface area contributed by atoms with E-state index in [9.17, 15) is 4.79 Å². The number of hydrogen-bond donors (Lipinski definition) is 0. The molecule has 0 radical (unpaired) electrons. The highest BCUT2D eigenvalue weighted by Crippen LogP contribution is 2.20. The van der Waals surface area contributed by atoms with E-state index in [1.54, 1.807) is 12.1 Å². The summed E-state index contributed by atoms with van der Waals surface area (Å²) in [6.07, 6.45) is 0.531. The number of Topliss-reactive ketones (excluding diaryl/α,β-unsaturated/α-hetero) is 1. The van der Waals surface area contributed by atoms with Gasteiger partial charge in [0, 0.05) is 43.7 Å². The molecule has 110 valence electrons. The minimum Gasteiger partial charge on any atom is -0.300 e. The highest BCUT2D eigenvalue weighted by Gasteiger charge is 2.30. The first-order chi connectivity index (χ1) is 9.40. The lowest BCUT2D eigenvalue weighted by Gasteiger charge is -2.45. The number of benzene rings is 1. The van der Waals surface area contributed by atoms with Crippen LogP contribution in [0.3, 0.4) is 0 Å². The fraction of sp³-hybridized carbons (Fsp3) is 0.562. The molecule has 0 bridgehead atoms. The molecule has 1 heterocycles. The molecule has 0 spiro atoms. The largest absolute Gasteiger partial charge is 0.300 e. The Morgan fingerprint density at radius 3 is 2.65 bits per heavy atom. The summed E-state index contributed by atoms with van der Waals surface area (Å²) < 4.78 is 0. The average Bonchev–Trinajstić information content (AvgIpc) is 2.40. The van der Waals surface area contributed by atoms with Gasteiger partial charge in [0.2, 0.25) is 0 Å². The zero-order chi connectivity index (χ0) is 14.8. The maximum absolute atomic E-state index is 12.2. The van der Waals surface area contributed by atoms with E-state index < -0.39 is 0 Å². The van der Waals surface area contributed by atoms with Gasteiger partial charge >= 0.3 is 0 Å². The highest BCUT2D eigenvalue weighted by atomic mass is 35.5. The number of likely N-dealkylation sites (N-methyl/N-ethyl adjacent to an activating group) is 1. The van der Waals surface area contributed by atoms with E-state index in [4.69, 9.17) is 11.6 Å². The van der Waals surface area contributed by atoms with Crippen molar-refractivity contribution in [1.82, 2.24) is 9.80 Å². The van der Waals surface area contributed by atoms with Crippen molar-refractivity contribution in [2.24, 2.45) is 0 Å². The number of nitrogens with zero attached hydrogens (tertiary/aromatic N) is 2. The molecule has 0 unspecified atom stereocenters. The summed E-state index contributed by atoms with van der Waals surface area (Å²) in [7, 11) is 2.16. The van der Waals surface area contributed by atoms with Crippen LogP contribution in [0.5, 0.6) is 0 Å². The Morgan fingerprint density at radius 1 is 1.30 bits per heavy atom. The van der Waals surface area contributed by atoms with E-state index >= 15 is 0 Å². The SMILES string of the molecule is CN1CCN(CCC(=O)c2ccccc2Cl)CC1(C)C. The Kier molecular flexibility index (Phi) is 4.84. The second-order valence-corrected chi connectivity index (χ2v) is 6.57. The molecule has 0 aromatic heterocycles. The summed E-state index contributed by atoms with van der Waals surface area (Å²) in [5.74, 6) is 0.132. The molecule has 1 fully saturated rings. The van der Waals surface area contributed by atoms with Crippen molar-refractivity contribution in [2.45, 2.75) is 25.8 Å². The van der Waals surface area contributed by atoms with Crippen molar-refractivity contribution < 1.29 is 4.79 Å². The van der Waals surface area contributed by atoms with Gasteiger partial charge in [0.25, 0.3) is 0 Å². The molecule has 4 heteroatoms. The monoisotopic (exact) mass is 294 g/mol. The fourth-order valence-electron chi connectivity index (χ4n) is 2.61. The number of carbonyl (C=O) groups is 1. The molecule has 1 aromatic carbocycles. The van der Waals surface area contributed by atoms with E-state index in [2.05, 4.69) is 30.7 Å². The molecule has 1 aliphatic rings. The normalized spacial score (nSPS) is 20.0. The fourth-order valence-corrected chi connectivity index (χ4v) is 2.85. The zero-order valence-electron chi connectivity index (χ0n) is 12.5. The maximum Gasteiger partial charge on any atom is 0.165 e. The lowest BCUT2D eigenvalue weighted by molar-refractivity contribution is 0.0390. The predicted molar refractivity (Wildman–Crippen MR) is 83.5 cm³/mol. The van der Waals surface area contributed by atoms with E-state index in [1.165, 1.54) is 0 Å². The third kappa shape index (κ3) is 3.60. The zero-order valence-corrected chi connectivity index (χ0v) is 13.3. The van der Waals surface area contributed by atoms with E-state index in [-0.39, 0.29) is 11.3 Å². The molecule has 0 amide bonds. The first-order valence-electron chi connectivity index (χ1n) is 7.11. The van der Waals surface area contributed by atoms with Gasteiger partial charge in [0.1, 0.15) is 0 Å². The van der Waals surface area contributed by atoms with Gasteiger partial charge in [0.15, 0.2) is 5.78 Å². The standard InChI is InChI=1S/C16H23ClN2O/c1-16(2)12-19(11-10-18(16)3)9-8-15(20)13-6-4-5-7-14(13)17/h4-7H,8-12H2,1-3H3. The summed E-state index contributed by atoms with van der Waals surface area (Å²) in [5.41, 5.74) is 0.814. The van der Waals surface area contributed by atoms with Crippen LogP contribution in [-0.2, 0) is 0 Å². The summed E-state index contributed by atoms with van der Waals surface area (Å²) in [6.45, 7) is 8.37. The molecule has 0 atom stereocenters. The lowest BCUT2D eigenvalue weighted by Crippen LogP contribution is -2.57. The summed E-state index contributed by atoms with van der Waals surface area (Å²) >= 11 is 6.06. The van der Waals surface area contributed by atoms with Gasteiger partial charge < -0.3 is 0 Å². The number of piperazine rings is 1.